The highest BCUT2D eigenvalue weighted by Crippen LogP contribution is 2.48. The van der Waals surface area contributed by atoms with Gasteiger partial charge >= 0.3 is 0 Å². The maximum Gasteiger partial charge on any atom is 0.265 e. The van der Waals surface area contributed by atoms with Crippen molar-refractivity contribution in [3.63, 3.8) is 0 Å². The van der Waals surface area contributed by atoms with Gasteiger partial charge in [0.25, 0.3) is 5.91 Å². The molecule has 1 aliphatic carbocycles. The van der Waals surface area contributed by atoms with Gasteiger partial charge in [-0.2, -0.15) is 0 Å². The lowest BCUT2D eigenvalue weighted by molar-refractivity contribution is -0.135. The van der Waals surface area contributed by atoms with Gasteiger partial charge in [-0.15, -0.1) is 0 Å². The Morgan fingerprint density at radius 1 is 1.28 bits per heavy atom. The molecule has 0 saturated heterocycles. The fourth-order valence-corrected chi connectivity index (χ4v) is 3.32. The van der Waals surface area contributed by atoms with Crippen molar-refractivity contribution < 1.29 is 28.0 Å². The van der Waals surface area contributed by atoms with Crippen LogP contribution in [0.2, 0.25) is 0 Å². The smallest absolute Gasteiger partial charge is 0.265 e. The average Bonchev–Trinajstić information content (AvgIpc) is 3.39. The third kappa shape index (κ3) is 4.70. The fraction of sp³-hybridized carbons (Fsp3) is 0.500. The summed E-state index contributed by atoms with van der Waals surface area (Å²) in [6.07, 6.45) is 2.19. The Kier molecular flexibility index (Phi) is 5.69. The molecule has 2 amide bonds. The standard InChI is InChI=1S/C16H22N2O6S/c1-24-12-5-3-11(4-6-12)16(8-9-16)15(20)17-13(14(19)18-21)7-10-25(2,22)23/h3-6,13,21H,7-10H2,1-2H3,(H,17,20)(H,18,19). The van der Waals surface area contributed by atoms with Gasteiger partial charge in [-0.05, 0) is 37.0 Å². The van der Waals surface area contributed by atoms with Crippen LogP contribution in [0.3, 0.4) is 0 Å². The first-order chi connectivity index (χ1) is 11.7. The summed E-state index contributed by atoms with van der Waals surface area (Å²) in [5.74, 6) is -0.811. The third-order valence-electron chi connectivity index (χ3n) is 4.34. The van der Waals surface area contributed by atoms with Gasteiger partial charge in [-0.1, -0.05) is 12.1 Å². The summed E-state index contributed by atoms with van der Waals surface area (Å²) in [5.41, 5.74) is 1.54. The minimum atomic E-state index is -3.30. The molecule has 25 heavy (non-hydrogen) atoms. The van der Waals surface area contributed by atoms with Crippen molar-refractivity contribution in [2.24, 2.45) is 0 Å². The number of amides is 2. The second-order valence-corrected chi connectivity index (χ2v) is 8.49. The second kappa shape index (κ2) is 7.40. The van der Waals surface area contributed by atoms with E-state index in [0.29, 0.717) is 18.6 Å². The molecule has 1 fully saturated rings. The van der Waals surface area contributed by atoms with Gasteiger partial charge in [0.15, 0.2) is 0 Å². The lowest BCUT2D eigenvalue weighted by Gasteiger charge is -2.21. The molecular formula is C16H22N2O6S. The summed E-state index contributed by atoms with van der Waals surface area (Å²) in [7, 11) is -1.75. The van der Waals surface area contributed by atoms with Crippen LogP contribution >= 0.6 is 0 Å². The minimum Gasteiger partial charge on any atom is -0.497 e. The van der Waals surface area contributed by atoms with E-state index in [9.17, 15) is 18.0 Å². The predicted octanol–water partition coefficient (Wildman–Crippen LogP) is 0.152. The van der Waals surface area contributed by atoms with E-state index >= 15 is 0 Å². The Balaban J connectivity index is 2.12. The quantitative estimate of drug-likeness (QED) is 0.442. The van der Waals surface area contributed by atoms with Crippen molar-refractivity contribution in [3.8, 4) is 5.75 Å². The number of ether oxygens (including phenoxy) is 1. The molecule has 1 aromatic rings. The third-order valence-corrected chi connectivity index (χ3v) is 5.31. The van der Waals surface area contributed by atoms with E-state index in [-0.39, 0.29) is 18.1 Å². The van der Waals surface area contributed by atoms with E-state index in [1.807, 2.05) is 0 Å². The molecule has 1 saturated carbocycles. The summed E-state index contributed by atoms with van der Waals surface area (Å²) in [6, 6.07) is 5.98. The molecule has 1 unspecified atom stereocenters. The lowest BCUT2D eigenvalue weighted by atomic mass is 9.94. The normalized spacial score (nSPS) is 16.6. The summed E-state index contributed by atoms with van der Waals surface area (Å²) in [4.78, 5) is 24.4. The topological polar surface area (TPSA) is 122 Å². The zero-order valence-corrected chi connectivity index (χ0v) is 14.9. The number of methoxy groups -OCH3 is 1. The number of sulfone groups is 1. The van der Waals surface area contributed by atoms with Crippen LogP contribution in [0, 0.1) is 0 Å². The number of hydrogen-bond acceptors (Lipinski definition) is 6. The van der Waals surface area contributed by atoms with Crippen LogP contribution < -0.4 is 15.5 Å². The van der Waals surface area contributed by atoms with E-state index in [1.165, 1.54) is 5.48 Å². The number of nitrogens with one attached hydrogen (secondary N) is 2. The van der Waals surface area contributed by atoms with Crippen LogP contribution in [0.15, 0.2) is 24.3 Å². The van der Waals surface area contributed by atoms with E-state index in [0.717, 1.165) is 11.8 Å². The molecule has 0 radical (unpaired) electrons. The molecule has 0 spiro atoms. The summed E-state index contributed by atoms with van der Waals surface area (Å²) in [5, 5.41) is 11.4. The van der Waals surface area contributed by atoms with Crippen LogP contribution in [-0.2, 0) is 24.8 Å². The number of hydroxylamine groups is 1. The molecule has 0 heterocycles. The Morgan fingerprint density at radius 2 is 1.88 bits per heavy atom. The van der Waals surface area contributed by atoms with Crippen molar-refractivity contribution in [1.82, 2.24) is 10.8 Å². The van der Waals surface area contributed by atoms with Crippen LogP contribution in [0.5, 0.6) is 5.75 Å². The molecule has 1 aliphatic rings. The van der Waals surface area contributed by atoms with Crippen LogP contribution in [0.4, 0.5) is 0 Å². The van der Waals surface area contributed by atoms with Gasteiger partial charge in [0, 0.05) is 6.26 Å². The monoisotopic (exact) mass is 370 g/mol. The van der Waals surface area contributed by atoms with Crippen LogP contribution in [-0.4, -0.2) is 50.6 Å². The lowest BCUT2D eigenvalue weighted by Crippen LogP contribution is -2.49. The summed E-state index contributed by atoms with van der Waals surface area (Å²) >= 11 is 0. The molecule has 0 aliphatic heterocycles. The molecule has 2 rings (SSSR count). The van der Waals surface area contributed by atoms with Gasteiger partial charge < -0.3 is 10.1 Å². The van der Waals surface area contributed by atoms with Crippen molar-refractivity contribution in [2.75, 3.05) is 19.1 Å². The number of hydrogen-bond donors (Lipinski definition) is 3. The molecule has 1 aromatic carbocycles. The molecule has 9 heteroatoms. The molecule has 0 bridgehead atoms. The Morgan fingerprint density at radius 3 is 2.32 bits per heavy atom. The van der Waals surface area contributed by atoms with E-state index < -0.39 is 27.2 Å². The Hall–Kier alpha value is -2.13. The molecule has 138 valence electrons. The Bertz CT molecular complexity index is 740. The largest absolute Gasteiger partial charge is 0.497 e. The highest BCUT2D eigenvalue weighted by atomic mass is 32.2. The van der Waals surface area contributed by atoms with Crippen molar-refractivity contribution >= 4 is 21.7 Å². The number of rotatable bonds is 8. The predicted molar refractivity (Wildman–Crippen MR) is 90.1 cm³/mol. The van der Waals surface area contributed by atoms with Gasteiger partial charge in [-0.25, -0.2) is 13.9 Å². The highest BCUT2D eigenvalue weighted by molar-refractivity contribution is 7.90. The SMILES string of the molecule is COc1ccc(C2(C(=O)NC(CCS(C)(=O)=O)C(=O)NO)CC2)cc1. The Labute approximate surface area is 146 Å². The maximum absolute atomic E-state index is 12.7. The van der Waals surface area contributed by atoms with Crippen LogP contribution in [0.1, 0.15) is 24.8 Å². The maximum atomic E-state index is 12.7. The first-order valence-electron chi connectivity index (χ1n) is 7.79. The first-order valence-corrected chi connectivity index (χ1v) is 9.85. The number of carbonyl (C=O) groups excluding carboxylic acids is 2. The van der Waals surface area contributed by atoms with Crippen molar-refractivity contribution in [2.45, 2.75) is 30.7 Å². The second-order valence-electron chi connectivity index (χ2n) is 6.23. The number of benzene rings is 1. The van der Waals surface area contributed by atoms with Gasteiger partial charge in [0.2, 0.25) is 5.91 Å². The summed E-state index contributed by atoms with van der Waals surface area (Å²) in [6.45, 7) is 0. The van der Waals surface area contributed by atoms with Gasteiger partial charge in [0.05, 0.1) is 18.3 Å². The molecule has 0 aromatic heterocycles. The minimum absolute atomic E-state index is 0.115. The van der Waals surface area contributed by atoms with Crippen LogP contribution in [0.25, 0.3) is 0 Å². The van der Waals surface area contributed by atoms with Crippen molar-refractivity contribution in [3.05, 3.63) is 29.8 Å². The summed E-state index contributed by atoms with van der Waals surface area (Å²) < 4.78 is 27.7. The zero-order valence-electron chi connectivity index (χ0n) is 14.1. The van der Waals surface area contributed by atoms with Gasteiger partial charge in [0.1, 0.15) is 21.6 Å². The van der Waals surface area contributed by atoms with E-state index in [2.05, 4.69) is 5.32 Å². The van der Waals surface area contributed by atoms with E-state index in [4.69, 9.17) is 9.94 Å². The zero-order chi connectivity index (χ0) is 18.7. The molecule has 3 N–H and O–H groups in total. The molecule has 1 atom stereocenters. The van der Waals surface area contributed by atoms with E-state index in [1.54, 1.807) is 31.4 Å². The molecule has 8 nitrogen and oxygen atoms in total. The average molecular weight is 370 g/mol. The fourth-order valence-electron chi connectivity index (χ4n) is 2.66. The number of carbonyl (C=O) groups is 2. The highest BCUT2D eigenvalue weighted by Gasteiger charge is 2.51. The first kappa shape index (κ1) is 19.2. The molecular weight excluding hydrogens is 348 g/mol. The van der Waals surface area contributed by atoms with Crippen molar-refractivity contribution in [1.29, 1.82) is 0 Å². The van der Waals surface area contributed by atoms with Gasteiger partial charge in [-0.3, -0.25) is 14.8 Å².